The summed E-state index contributed by atoms with van der Waals surface area (Å²) in [6.45, 7) is 6.75. The summed E-state index contributed by atoms with van der Waals surface area (Å²) in [5.41, 5.74) is 1.13. The van der Waals surface area contributed by atoms with Gasteiger partial charge in [-0.1, -0.05) is 6.08 Å². The lowest BCUT2D eigenvalue weighted by Crippen LogP contribution is -2.30. The van der Waals surface area contributed by atoms with Crippen LogP contribution in [-0.2, 0) is 16.0 Å². The van der Waals surface area contributed by atoms with E-state index in [4.69, 9.17) is 14.6 Å². The number of ether oxygens (including phenoxy) is 2. The van der Waals surface area contributed by atoms with Crippen molar-refractivity contribution in [2.75, 3.05) is 13.7 Å². The minimum atomic E-state index is -1.11. The maximum atomic E-state index is 12.1. The highest BCUT2D eigenvalue weighted by Gasteiger charge is 2.15. The van der Waals surface area contributed by atoms with E-state index in [0.717, 1.165) is 0 Å². The first-order valence-corrected chi connectivity index (χ1v) is 7.91. The molecule has 26 heavy (non-hydrogen) atoms. The molecule has 7 heteroatoms. The highest BCUT2D eigenvalue weighted by atomic mass is 16.5. The van der Waals surface area contributed by atoms with Crippen molar-refractivity contribution < 1.29 is 24.2 Å². The van der Waals surface area contributed by atoms with Crippen LogP contribution >= 0.6 is 0 Å². The Balaban J connectivity index is 3.35. The minimum absolute atomic E-state index is 0.0514. The average molecular weight is 358 g/mol. The lowest BCUT2D eigenvalue weighted by atomic mass is 10.0. The predicted octanol–water partition coefficient (Wildman–Crippen LogP) is 2.32. The van der Waals surface area contributed by atoms with Crippen LogP contribution in [-0.4, -0.2) is 36.7 Å². The molecule has 0 heterocycles. The number of nitriles is 1. The van der Waals surface area contributed by atoms with E-state index in [1.807, 2.05) is 6.07 Å². The summed E-state index contributed by atoms with van der Waals surface area (Å²) in [4.78, 5) is 22.8. The van der Waals surface area contributed by atoms with E-state index >= 15 is 0 Å². The minimum Gasteiger partial charge on any atom is -0.493 e. The third-order valence-electron chi connectivity index (χ3n) is 3.17. The monoisotopic (exact) mass is 358 g/mol. The molecule has 0 saturated heterocycles. The van der Waals surface area contributed by atoms with E-state index in [0.29, 0.717) is 23.3 Å². The van der Waals surface area contributed by atoms with Crippen LogP contribution in [0.2, 0.25) is 0 Å². The Bertz CT molecular complexity index is 760. The number of methoxy groups -OCH3 is 1. The van der Waals surface area contributed by atoms with Gasteiger partial charge in [-0.2, -0.15) is 5.26 Å². The summed E-state index contributed by atoms with van der Waals surface area (Å²) in [6.07, 6.45) is 3.47. The maximum Gasteiger partial charge on any atom is 0.341 e. The number of amides is 1. The van der Waals surface area contributed by atoms with Gasteiger partial charge in [0, 0.05) is 11.6 Å². The first kappa shape index (κ1) is 20.8. The normalized spacial score (nSPS) is 10.8. The SMILES string of the molecule is C=CCc1cc(/C=C(/C#N)C(=O)NC(C)C)cc(OC)c1OCC(=O)O. The molecule has 2 N–H and O–H groups in total. The van der Waals surface area contributed by atoms with Crippen molar-refractivity contribution in [3.05, 3.63) is 41.5 Å². The Hall–Kier alpha value is -3.27. The van der Waals surface area contributed by atoms with Gasteiger partial charge in [0.05, 0.1) is 7.11 Å². The van der Waals surface area contributed by atoms with Crippen LogP contribution in [0.5, 0.6) is 11.5 Å². The van der Waals surface area contributed by atoms with Gasteiger partial charge in [0.15, 0.2) is 18.1 Å². The molecule has 0 radical (unpaired) electrons. The number of carbonyl (C=O) groups excluding carboxylic acids is 1. The van der Waals surface area contributed by atoms with E-state index in [9.17, 15) is 14.9 Å². The van der Waals surface area contributed by atoms with Crippen LogP contribution in [0.4, 0.5) is 0 Å². The van der Waals surface area contributed by atoms with E-state index in [1.165, 1.54) is 13.2 Å². The molecule has 138 valence electrons. The highest BCUT2D eigenvalue weighted by molar-refractivity contribution is 6.01. The summed E-state index contributed by atoms with van der Waals surface area (Å²) < 4.78 is 10.6. The standard InChI is InChI=1S/C19H22N2O5/c1-5-6-14-7-13(8-15(10-20)19(24)21-12(2)3)9-16(25-4)18(14)26-11-17(22)23/h5,7-9,12H,1,6,11H2,2-4H3,(H,21,24)(H,22,23)/b15-8-. The van der Waals surface area contributed by atoms with Crippen LogP contribution in [0, 0.1) is 11.3 Å². The van der Waals surface area contributed by atoms with Crippen LogP contribution in [0.25, 0.3) is 6.08 Å². The number of nitrogens with one attached hydrogen (secondary N) is 1. The molecule has 1 aromatic rings. The Labute approximate surface area is 152 Å². The molecule has 0 unspecified atom stereocenters. The van der Waals surface area contributed by atoms with Crippen LogP contribution in [0.1, 0.15) is 25.0 Å². The number of rotatable bonds is 9. The van der Waals surface area contributed by atoms with Crippen molar-refractivity contribution in [2.45, 2.75) is 26.3 Å². The zero-order valence-electron chi connectivity index (χ0n) is 15.0. The van der Waals surface area contributed by atoms with Gasteiger partial charge in [-0.15, -0.1) is 6.58 Å². The van der Waals surface area contributed by atoms with Crippen LogP contribution in [0.15, 0.2) is 30.4 Å². The number of carboxylic acids is 1. The van der Waals surface area contributed by atoms with Crippen LogP contribution < -0.4 is 14.8 Å². The largest absolute Gasteiger partial charge is 0.493 e. The summed E-state index contributed by atoms with van der Waals surface area (Å²) in [6, 6.07) is 5.05. The molecule has 0 aliphatic rings. The van der Waals surface area contributed by atoms with Crippen LogP contribution in [0.3, 0.4) is 0 Å². The highest BCUT2D eigenvalue weighted by Crippen LogP contribution is 2.34. The zero-order valence-corrected chi connectivity index (χ0v) is 15.0. The first-order chi connectivity index (χ1) is 12.3. The number of nitrogens with zero attached hydrogens (tertiary/aromatic N) is 1. The molecule has 0 aliphatic carbocycles. The summed E-state index contributed by atoms with van der Waals surface area (Å²) in [5, 5.41) is 20.7. The Morgan fingerprint density at radius 3 is 2.62 bits per heavy atom. The van der Waals surface area contributed by atoms with Gasteiger partial charge in [0.2, 0.25) is 0 Å². The fourth-order valence-corrected chi connectivity index (χ4v) is 2.18. The van der Waals surface area contributed by atoms with Gasteiger partial charge in [-0.25, -0.2) is 4.79 Å². The topological polar surface area (TPSA) is 109 Å². The molecule has 1 aromatic carbocycles. The average Bonchev–Trinajstić information content (AvgIpc) is 2.57. The van der Waals surface area contributed by atoms with Crippen molar-refractivity contribution in [3.8, 4) is 17.6 Å². The summed E-state index contributed by atoms with van der Waals surface area (Å²) >= 11 is 0. The lowest BCUT2D eigenvalue weighted by Gasteiger charge is -2.15. The molecular weight excluding hydrogens is 336 g/mol. The van der Waals surface area contributed by atoms with Crippen molar-refractivity contribution in [1.29, 1.82) is 5.26 Å². The smallest absolute Gasteiger partial charge is 0.341 e. The van der Waals surface area contributed by atoms with Gasteiger partial charge in [0.25, 0.3) is 5.91 Å². The van der Waals surface area contributed by atoms with Gasteiger partial charge in [-0.3, -0.25) is 4.79 Å². The predicted molar refractivity (Wildman–Crippen MR) is 96.9 cm³/mol. The fraction of sp³-hybridized carbons (Fsp3) is 0.316. The molecule has 0 aromatic heterocycles. The maximum absolute atomic E-state index is 12.1. The van der Waals surface area contributed by atoms with E-state index < -0.39 is 18.5 Å². The molecule has 0 bridgehead atoms. The second-order valence-corrected chi connectivity index (χ2v) is 5.68. The number of allylic oxidation sites excluding steroid dienone is 1. The van der Waals surface area contributed by atoms with Crippen molar-refractivity contribution >= 4 is 18.0 Å². The third-order valence-corrected chi connectivity index (χ3v) is 3.17. The molecule has 1 rings (SSSR count). The van der Waals surface area contributed by atoms with Gasteiger partial charge >= 0.3 is 5.97 Å². The molecular formula is C19H22N2O5. The molecule has 0 atom stereocenters. The number of carbonyl (C=O) groups is 2. The van der Waals surface area contributed by atoms with Crippen molar-refractivity contribution in [2.24, 2.45) is 0 Å². The van der Waals surface area contributed by atoms with Crippen molar-refractivity contribution in [3.63, 3.8) is 0 Å². The lowest BCUT2D eigenvalue weighted by molar-refractivity contribution is -0.139. The Morgan fingerprint density at radius 2 is 2.12 bits per heavy atom. The number of hydrogen-bond donors (Lipinski definition) is 2. The van der Waals surface area contributed by atoms with E-state index in [-0.39, 0.29) is 17.4 Å². The fourth-order valence-electron chi connectivity index (χ4n) is 2.18. The Morgan fingerprint density at radius 1 is 1.42 bits per heavy atom. The number of aliphatic carboxylic acids is 1. The summed E-state index contributed by atoms with van der Waals surface area (Å²) in [5.74, 6) is -0.994. The Kier molecular flexibility index (Phi) is 7.90. The zero-order chi connectivity index (χ0) is 19.7. The van der Waals surface area contributed by atoms with Gasteiger partial charge in [0.1, 0.15) is 11.6 Å². The second-order valence-electron chi connectivity index (χ2n) is 5.68. The second kappa shape index (κ2) is 9.89. The first-order valence-electron chi connectivity index (χ1n) is 7.91. The van der Waals surface area contributed by atoms with Gasteiger partial charge < -0.3 is 19.9 Å². The molecule has 0 saturated carbocycles. The molecule has 0 fully saturated rings. The third kappa shape index (κ3) is 5.98. The molecule has 1 amide bonds. The summed E-state index contributed by atoms with van der Waals surface area (Å²) in [7, 11) is 1.42. The van der Waals surface area contributed by atoms with Crippen molar-refractivity contribution in [1.82, 2.24) is 5.32 Å². The molecule has 0 spiro atoms. The van der Waals surface area contributed by atoms with E-state index in [1.54, 1.807) is 32.1 Å². The quantitative estimate of drug-likeness (QED) is 0.398. The number of hydrogen-bond acceptors (Lipinski definition) is 5. The number of carboxylic acid groups (broad SMARTS) is 1. The molecule has 0 aliphatic heterocycles. The molecule has 7 nitrogen and oxygen atoms in total. The van der Waals surface area contributed by atoms with E-state index in [2.05, 4.69) is 11.9 Å². The number of benzene rings is 1. The van der Waals surface area contributed by atoms with Gasteiger partial charge in [-0.05, 0) is 44.0 Å².